The van der Waals surface area contributed by atoms with Crippen molar-refractivity contribution in [3.8, 4) is 11.3 Å². The fourth-order valence-corrected chi connectivity index (χ4v) is 6.72. The molecule has 4 rings (SSSR count). The molecule has 2 aromatic carbocycles. The topological polar surface area (TPSA) is 102 Å². The third-order valence-corrected chi connectivity index (χ3v) is 9.75. The number of carbonyl (C=O) groups excluding carboxylic acids is 1. The molecule has 3 N–H and O–H groups in total. The molecule has 200 valence electrons. The first-order chi connectivity index (χ1) is 17.0. The fourth-order valence-electron chi connectivity index (χ4n) is 4.28. The molecule has 1 aliphatic rings. The highest BCUT2D eigenvalue weighted by molar-refractivity contribution is 8.45. The Morgan fingerprint density at radius 2 is 1.46 bits per heavy atom. The molecule has 1 aliphatic carbocycles. The van der Waals surface area contributed by atoms with Gasteiger partial charge in [-0.25, -0.2) is 8.42 Å². The zero-order valence-electron chi connectivity index (χ0n) is 19.3. The molecule has 6 nitrogen and oxygen atoms in total. The summed E-state index contributed by atoms with van der Waals surface area (Å²) in [5, 5.41) is 2.38. The normalized spacial score (nSPS) is 20.5. The van der Waals surface area contributed by atoms with E-state index in [1.54, 1.807) is 18.2 Å². The summed E-state index contributed by atoms with van der Waals surface area (Å²) in [4.78, 5) is 13.6. The van der Waals surface area contributed by atoms with Crippen molar-refractivity contribution in [2.45, 2.75) is 46.8 Å². The Labute approximate surface area is 210 Å². The molecule has 13 heteroatoms. The molecule has 1 aromatic heterocycles. The van der Waals surface area contributed by atoms with Gasteiger partial charge in [-0.2, -0.15) is 0 Å². The predicted molar refractivity (Wildman–Crippen MR) is 133 cm³/mol. The third kappa shape index (κ3) is 6.21. The van der Waals surface area contributed by atoms with Crippen LogP contribution in [0.4, 0.5) is 25.1 Å². The van der Waals surface area contributed by atoms with Crippen molar-refractivity contribution in [1.82, 2.24) is 4.98 Å². The van der Waals surface area contributed by atoms with Gasteiger partial charge in [-0.3, -0.25) is 9.78 Å². The van der Waals surface area contributed by atoms with E-state index in [0.29, 0.717) is 49.1 Å². The molecule has 1 fully saturated rings. The van der Waals surface area contributed by atoms with Crippen LogP contribution in [0.3, 0.4) is 0 Å². The highest BCUT2D eigenvalue weighted by atomic mass is 32.5. The maximum Gasteiger partial charge on any atom is 0.310 e. The van der Waals surface area contributed by atoms with Crippen LogP contribution in [0.1, 0.15) is 36.0 Å². The number of halogens is 5. The SMILES string of the molecule is NC(=O)c1ccc(-c2ccc(S(=O)(=O)C3CCC(Nc4ccc(S(F)(F)(F)(F)F)cc4)CC3)cc2)nc1. The summed E-state index contributed by atoms with van der Waals surface area (Å²) in [6.07, 6.45) is 2.90. The van der Waals surface area contributed by atoms with Gasteiger partial charge in [0.1, 0.15) is 4.90 Å². The number of anilines is 1. The minimum atomic E-state index is -9.72. The molecular formula is C24H24F5N3O3S2. The number of amides is 1. The lowest BCUT2D eigenvalue weighted by Crippen LogP contribution is -2.32. The predicted octanol–water partition coefficient (Wildman–Crippen LogP) is 6.70. The zero-order valence-corrected chi connectivity index (χ0v) is 20.9. The summed E-state index contributed by atoms with van der Waals surface area (Å²) in [7, 11) is -13.3. The molecule has 0 unspecified atom stereocenters. The number of nitrogens with two attached hydrogens (primary N) is 1. The Morgan fingerprint density at radius 1 is 0.865 bits per heavy atom. The lowest BCUT2D eigenvalue weighted by atomic mass is 9.95. The maximum atomic E-state index is 13.1. The Hall–Kier alpha value is -3.19. The number of nitrogens with one attached hydrogen (secondary N) is 1. The molecular weight excluding hydrogens is 537 g/mol. The van der Waals surface area contributed by atoms with Crippen LogP contribution in [0.2, 0.25) is 0 Å². The first kappa shape index (κ1) is 26.9. The molecule has 1 saturated carbocycles. The zero-order chi connectivity index (χ0) is 27.1. The lowest BCUT2D eigenvalue weighted by Gasteiger charge is -2.40. The average Bonchev–Trinajstić information content (AvgIpc) is 2.83. The van der Waals surface area contributed by atoms with Crippen molar-refractivity contribution in [3.05, 3.63) is 72.4 Å². The Balaban J connectivity index is 1.37. The number of rotatable bonds is 7. The molecule has 0 radical (unpaired) electrons. The van der Waals surface area contributed by atoms with Gasteiger partial charge in [0.05, 0.1) is 21.4 Å². The second kappa shape index (κ2) is 8.69. The summed E-state index contributed by atoms with van der Waals surface area (Å²) in [6, 6.07) is 11.8. The Morgan fingerprint density at radius 3 is 1.95 bits per heavy atom. The third-order valence-electron chi connectivity index (χ3n) is 6.31. The van der Waals surface area contributed by atoms with Gasteiger partial charge >= 0.3 is 10.2 Å². The molecule has 37 heavy (non-hydrogen) atoms. The van der Waals surface area contributed by atoms with Gasteiger partial charge in [-0.1, -0.05) is 31.6 Å². The monoisotopic (exact) mass is 561 g/mol. The summed E-state index contributed by atoms with van der Waals surface area (Å²) in [5.74, 6) is -0.601. The second-order valence-electron chi connectivity index (χ2n) is 8.98. The number of primary amides is 1. The van der Waals surface area contributed by atoms with Crippen molar-refractivity contribution in [3.63, 3.8) is 0 Å². The Bertz CT molecular complexity index is 1410. The minimum Gasteiger partial charge on any atom is -0.382 e. The van der Waals surface area contributed by atoms with Gasteiger partial charge in [0, 0.05) is 23.5 Å². The molecule has 1 heterocycles. The van der Waals surface area contributed by atoms with Crippen LogP contribution in [-0.4, -0.2) is 30.6 Å². The lowest BCUT2D eigenvalue weighted by molar-refractivity contribution is 0.1000. The summed E-state index contributed by atoms with van der Waals surface area (Å²) >= 11 is 0. The first-order valence-corrected chi connectivity index (χ1v) is 14.7. The number of benzene rings is 2. The molecule has 1 amide bonds. The van der Waals surface area contributed by atoms with Crippen molar-refractivity contribution in [2.24, 2.45) is 5.73 Å². The van der Waals surface area contributed by atoms with E-state index < -0.39 is 36.1 Å². The van der Waals surface area contributed by atoms with Crippen LogP contribution in [0, 0.1) is 0 Å². The fraction of sp³-hybridized carbons (Fsp3) is 0.250. The summed E-state index contributed by atoms with van der Waals surface area (Å²) in [6.45, 7) is 0. The van der Waals surface area contributed by atoms with Gasteiger partial charge in [0.15, 0.2) is 9.84 Å². The van der Waals surface area contributed by atoms with Crippen LogP contribution < -0.4 is 11.1 Å². The van der Waals surface area contributed by atoms with E-state index in [9.17, 15) is 32.6 Å². The number of hydrogen-bond donors (Lipinski definition) is 2. The number of hydrogen-bond acceptors (Lipinski definition) is 5. The van der Waals surface area contributed by atoms with Gasteiger partial charge in [-0.05, 0) is 74.2 Å². The summed E-state index contributed by atoms with van der Waals surface area (Å²) < 4.78 is 90.7. The smallest absolute Gasteiger partial charge is 0.310 e. The number of pyridine rings is 1. The van der Waals surface area contributed by atoms with E-state index in [1.165, 1.54) is 24.4 Å². The summed E-state index contributed by atoms with van der Waals surface area (Å²) in [5.41, 5.74) is 6.93. The molecule has 0 bridgehead atoms. The van der Waals surface area contributed by atoms with Crippen LogP contribution in [0.5, 0.6) is 0 Å². The van der Waals surface area contributed by atoms with Crippen LogP contribution in [0.15, 0.2) is 76.7 Å². The standard InChI is InChI=1S/C24H24F5N3O3S2/c25-37(26,27,28,29)22-12-6-19(7-13-22)32-18-4-10-21(11-5-18)36(34,35)20-8-1-16(2-9-20)23-14-3-17(15-31-23)24(30)33/h1-3,6-9,12-15,18,21,32H,4-5,10-11H2,(H2,30,33). The molecule has 0 aliphatic heterocycles. The maximum absolute atomic E-state index is 13.1. The van der Waals surface area contributed by atoms with Crippen molar-refractivity contribution in [1.29, 1.82) is 0 Å². The van der Waals surface area contributed by atoms with Crippen LogP contribution >= 0.6 is 10.2 Å². The van der Waals surface area contributed by atoms with E-state index in [4.69, 9.17) is 5.73 Å². The van der Waals surface area contributed by atoms with Gasteiger partial charge in [0.25, 0.3) is 0 Å². The van der Waals surface area contributed by atoms with Crippen LogP contribution in [0.25, 0.3) is 11.3 Å². The van der Waals surface area contributed by atoms with E-state index in [0.717, 1.165) is 12.1 Å². The number of aromatic nitrogens is 1. The quantitative estimate of drug-likeness (QED) is 0.313. The molecule has 0 atom stereocenters. The number of nitrogens with zero attached hydrogens (tertiary/aromatic N) is 1. The van der Waals surface area contributed by atoms with Crippen molar-refractivity contribution >= 4 is 31.7 Å². The van der Waals surface area contributed by atoms with E-state index in [2.05, 4.69) is 10.3 Å². The van der Waals surface area contributed by atoms with Crippen molar-refractivity contribution in [2.75, 3.05) is 5.32 Å². The second-order valence-corrected chi connectivity index (χ2v) is 13.6. The molecule has 0 spiro atoms. The van der Waals surface area contributed by atoms with Crippen molar-refractivity contribution < 1.29 is 32.6 Å². The van der Waals surface area contributed by atoms with E-state index >= 15 is 0 Å². The van der Waals surface area contributed by atoms with Gasteiger partial charge < -0.3 is 11.1 Å². The van der Waals surface area contributed by atoms with E-state index in [1.807, 2.05) is 0 Å². The average molecular weight is 562 g/mol. The molecule has 0 saturated heterocycles. The highest BCUT2D eigenvalue weighted by Crippen LogP contribution is 3.02. The largest absolute Gasteiger partial charge is 0.382 e. The van der Waals surface area contributed by atoms with E-state index in [-0.39, 0.29) is 22.2 Å². The van der Waals surface area contributed by atoms with Gasteiger partial charge in [-0.15, -0.1) is 0 Å². The Kier molecular flexibility index (Phi) is 6.31. The molecule has 3 aromatic rings. The van der Waals surface area contributed by atoms with Gasteiger partial charge in [0.2, 0.25) is 5.91 Å². The minimum absolute atomic E-state index is 0.160. The highest BCUT2D eigenvalue weighted by Gasteiger charge is 2.65. The number of sulfone groups is 1. The first-order valence-electron chi connectivity index (χ1n) is 11.2. The number of carbonyl (C=O) groups is 1. The van der Waals surface area contributed by atoms with Crippen LogP contribution in [-0.2, 0) is 9.84 Å².